The molecule has 0 saturated carbocycles. The molecule has 0 aromatic heterocycles. The van der Waals surface area contributed by atoms with Crippen molar-refractivity contribution in [2.75, 3.05) is 13.1 Å². The van der Waals surface area contributed by atoms with Crippen molar-refractivity contribution in [1.82, 2.24) is 5.32 Å². The Hall–Kier alpha value is -1.39. The third-order valence-electron chi connectivity index (χ3n) is 4.49. The van der Waals surface area contributed by atoms with Gasteiger partial charge in [-0.3, -0.25) is 0 Å². The van der Waals surface area contributed by atoms with E-state index in [0.29, 0.717) is 12.2 Å². The van der Waals surface area contributed by atoms with Gasteiger partial charge in [0.1, 0.15) is 6.61 Å². The molecule has 2 heterocycles. The minimum absolute atomic E-state index is 0.0576. The molecule has 0 bridgehead atoms. The molecule has 2 atom stereocenters. The summed E-state index contributed by atoms with van der Waals surface area (Å²) in [6.45, 7) is 5.88. The van der Waals surface area contributed by atoms with Crippen molar-refractivity contribution >= 4 is 5.97 Å². The van der Waals surface area contributed by atoms with Crippen molar-refractivity contribution in [3.63, 3.8) is 0 Å². The quantitative estimate of drug-likeness (QED) is 0.752. The second-order valence-corrected chi connectivity index (χ2v) is 5.75. The Kier molecular flexibility index (Phi) is 2.87. The fourth-order valence-corrected chi connectivity index (χ4v) is 3.17. The Bertz CT molecular complexity index is 536. The maximum atomic E-state index is 11.5. The Morgan fingerprint density at radius 1 is 1.47 bits per heavy atom. The van der Waals surface area contributed by atoms with Gasteiger partial charge in [-0.1, -0.05) is 6.07 Å². The normalized spacial score (nSPS) is 30.1. The van der Waals surface area contributed by atoms with Crippen LogP contribution in [0.2, 0.25) is 0 Å². The van der Waals surface area contributed by atoms with Crippen LogP contribution in [0.1, 0.15) is 46.3 Å². The second kappa shape index (κ2) is 4.32. The van der Waals surface area contributed by atoms with Crippen molar-refractivity contribution in [1.29, 1.82) is 0 Å². The number of ether oxygens (including phenoxy) is 1. The van der Waals surface area contributed by atoms with E-state index in [1.165, 1.54) is 0 Å². The second-order valence-electron chi connectivity index (χ2n) is 5.75. The summed E-state index contributed by atoms with van der Waals surface area (Å²) in [5.41, 5.74) is 3.15. The summed E-state index contributed by atoms with van der Waals surface area (Å²) in [6, 6.07) is 3.80. The fraction of sp³-hybridized carbons (Fsp3) is 0.533. The van der Waals surface area contributed by atoms with Crippen LogP contribution in [0.3, 0.4) is 0 Å². The van der Waals surface area contributed by atoms with Gasteiger partial charge in [-0.25, -0.2) is 4.79 Å². The number of hydrogen-bond acceptors (Lipinski definition) is 4. The largest absolute Gasteiger partial charge is 0.457 e. The maximum absolute atomic E-state index is 11.5. The molecule has 1 aromatic carbocycles. The topological polar surface area (TPSA) is 58.6 Å². The van der Waals surface area contributed by atoms with Gasteiger partial charge < -0.3 is 15.2 Å². The summed E-state index contributed by atoms with van der Waals surface area (Å²) >= 11 is 0. The standard InChI is InChI=1S/C15H19NO3/c1-9-10(13-7-16-6-5-15(13,2)18)3-4-11-12(9)8-19-14(11)17/h3-4,13,16,18H,5-8H2,1-2H3. The first-order chi connectivity index (χ1) is 9.00. The Morgan fingerprint density at radius 2 is 2.26 bits per heavy atom. The Morgan fingerprint density at radius 3 is 3.00 bits per heavy atom. The molecule has 2 aliphatic heterocycles. The third-order valence-corrected chi connectivity index (χ3v) is 4.49. The monoisotopic (exact) mass is 261 g/mol. The lowest BCUT2D eigenvalue weighted by Crippen LogP contribution is -2.46. The van der Waals surface area contributed by atoms with Crippen molar-refractivity contribution in [2.24, 2.45) is 0 Å². The zero-order chi connectivity index (χ0) is 13.6. The summed E-state index contributed by atoms with van der Waals surface area (Å²) in [7, 11) is 0. The number of carbonyl (C=O) groups is 1. The molecule has 2 unspecified atom stereocenters. The van der Waals surface area contributed by atoms with E-state index in [0.717, 1.165) is 36.2 Å². The zero-order valence-electron chi connectivity index (χ0n) is 11.3. The number of cyclic esters (lactones) is 1. The Labute approximate surface area is 112 Å². The van der Waals surface area contributed by atoms with Gasteiger partial charge in [0.15, 0.2) is 0 Å². The summed E-state index contributed by atoms with van der Waals surface area (Å²) in [5.74, 6) is -0.180. The average molecular weight is 261 g/mol. The van der Waals surface area contributed by atoms with Crippen molar-refractivity contribution in [2.45, 2.75) is 38.4 Å². The fourth-order valence-electron chi connectivity index (χ4n) is 3.17. The minimum atomic E-state index is -0.701. The predicted molar refractivity (Wildman–Crippen MR) is 71.2 cm³/mol. The first-order valence-corrected chi connectivity index (χ1v) is 6.73. The lowest BCUT2D eigenvalue weighted by atomic mass is 9.76. The van der Waals surface area contributed by atoms with Crippen LogP contribution in [0.5, 0.6) is 0 Å². The first kappa shape index (κ1) is 12.6. The van der Waals surface area contributed by atoms with Crippen LogP contribution in [-0.4, -0.2) is 29.8 Å². The van der Waals surface area contributed by atoms with E-state index < -0.39 is 5.60 Å². The summed E-state index contributed by atoms with van der Waals surface area (Å²) in [5, 5.41) is 13.9. The molecule has 3 rings (SSSR count). The van der Waals surface area contributed by atoms with Crippen LogP contribution in [0.15, 0.2) is 12.1 Å². The van der Waals surface area contributed by atoms with Gasteiger partial charge in [0.25, 0.3) is 0 Å². The molecule has 0 spiro atoms. The molecule has 19 heavy (non-hydrogen) atoms. The highest BCUT2D eigenvalue weighted by Gasteiger charge is 2.37. The molecule has 1 saturated heterocycles. The number of hydrogen-bond donors (Lipinski definition) is 2. The number of piperidine rings is 1. The molecule has 4 nitrogen and oxygen atoms in total. The number of rotatable bonds is 1. The predicted octanol–water partition coefficient (Wildman–Crippen LogP) is 1.49. The highest BCUT2D eigenvalue weighted by Crippen LogP contribution is 2.37. The molecule has 4 heteroatoms. The summed E-state index contributed by atoms with van der Waals surface area (Å²) in [4.78, 5) is 11.5. The number of fused-ring (bicyclic) bond motifs is 1. The number of carbonyl (C=O) groups excluding carboxylic acids is 1. The van der Waals surface area contributed by atoms with Crippen LogP contribution in [0.4, 0.5) is 0 Å². The lowest BCUT2D eigenvalue weighted by Gasteiger charge is -2.38. The van der Waals surface area contributed by atoms with Crippen LogP contribution in [0, 0.1) is 6.92 Å². The van der Waals surface area contributed by atoms with Crippen molar-refractivity contribution in [3.8, 4) is 0 Å². The SMILES string of the molecule is Cc1c(C2CNCCC2(C)O)ccc2c1COC2=O. The van der Waals surface area contributed by atoms with Crippen LogP contribution >= 0.6 is 0 Å². The zero-order valence-corrected chi connectivity index (χ0v) is 11.3. The molecule has 1 fully saturated rings. The van der Waals surface area contributed by atoms with Gasteiger partial charge in [0.05, 0.1) is 11.2 Å². The highest BCUT2D eigenvalue weighted by atomic mass is 16.5. The number of benzene rings is 1. The molecule has 0 radical (unpaired) electrons. The van der Waals surface area contributed by atoms with E-state index in [1.807, 2.05) is 26.0 Å². The summed E-state index contributed by atoms with van der Waals surface area (Å²) in [6.07, 6.45) is 0.740. The lowest BCUT2D eigenvalue weighted by molar-refractivity contribution is 0.00757. The molecule has 2 N–H and O–H groups in total. The van der Waals surface area contributed by atoms with Gasteiger partial charge >= 0.3 is 5.97 Å². The van der Waals surface area contributed by atoms with E-state index in [4.69, 9.17) is 4.74 Å². The highest BCUT2D eigenvalue weighted by molar-refractivity contribution is 5.94. The first-order valence-electron chi connectivity index (χ1n) is 6.73. The van der Waals surface area contributed by atoms with E-state index in [-0.39, 0.29) is 11.9 Å². The van der Waals surface area contributed by atoms with Gasteiger partial charge in [-0.15, -0.1) is 0 Å². The van der Waals surface area contributed by atoms with Crippen LogP contribution < -0.4 is 5.32 Å². The van der Waals surface area contributed by atoms with E-state index in [2.05, 4.69) is 5.32 Å². The van der Waals surface area contributed by atoms with Crippen LogP contribution in [-0.2, 0) is 11.3 Å². The van der Waals surface area contributed by atoms with E-state index in [1.54, 1.807) is 0 Å². The number of nitrogens with one attached hydrogen (secondary N) is 1. The van der Waals surface area contributed by atoms with E-state index >= 15 is 0 Å². The smallest absolute Gasteiger partial charge is 0.338 e. The van der Waals surface area contributed by atoms with Gasteiger partial charge in [0, 0.05) is 18.0 Å². The molecular formula is C15H19NO3. The average Bonchev–Trinajstić information content (AvgIpc) is 2.73. The Balaban J connectivity index is 2.04. The molecular weight excluding hydrogens is 242 g/mol. The van der Waals surface area contributed by atoms with Gasteiger partial charge in [-0.2, -0.15) is 0 Å². The van der Waals surface area contributed by atoms with Gasteiger partial charge in [-0.05, 0) is 44.0 Å². The van der Waals surface area contributed by atoms with Crippen molar-refractivity contribution in [3.05, 3.63) is 34.4 Å². The number of esters is 1. The third kappa shape index (κ3) is 1.95. The summed E-state index contributed by atoms with van der Waals surface area (Å²) < 4.78 is 5.08. The van der Waals surface area contributed by atoms with Gasteiger partial charge in [0.2, 0.25) is 0 Å². The van der Waals surface area contributed by atoms with Crippen LogP contribution in [0.25, 0.3) is 0 Å². The number of aliphatic hydroxyl groups is 1. The molecule has 0 amide bonds. The van der Waals surface area contributed by atoms with E-state index in [9.17, 15) is 9.90 Å². The van der Waals surface area contributed by atoms with Crippen molar-refractivity contribution < 1.29 is 14.6 Å². The molecule has 2 aliphatic rings. The molecule has 102 valence electrons. The minimum Gasteiger partial charge on any atom is -0.457 e. The molecule has 0 aliphatic carbocycles. The maximum Gasteiger partial charge on any atom is 0.338 e. The molecule has 1 aromatic rings.